The number of rotatable bonds is 6. The Morgan fingerprint density at radius 3 is 2.48 bits per heavy atom. The van der Waals surface area contributed by atoms with Crippen molar-refractivity contribution in [3.8, 4) is 28.7 Å². The first-order valence-electron chi connectivity index (χ1n) is 10.2. The molecule has 0 fully saturated rings. The van der Waals surface area contributed by atoms with Gasteiger partial charge in [0.05, 0.1) is 6.42 Å². The Bertz CT molecular complexity index is 1060. The Balaban J connectivity index is 1.84. The molecule has 164 valence electrons. The highest BCUT2D eigenvalue weighted by atomic mass is 16.5. The molecule has 1 aliphatic rings. The van der Waals surface area contributed by atoms with Gasteiger partial charge in [0.2, 0.25) is 0 Å². The Hall–Kier alpha value is -3.41. The van der Waals surface area contributed by atoms with E-state index in [1.807, 2.05) is 13.0 Å². The summed E-state index contributed by atoms with van der Waals surface area (Å²) in [6.45, 7) is 6.15. The monoisotopic (exact) mass is 424 g/mol. The lowest BCUT2D eigenvalue weighted by Crippen LogP contribution is -2.20. The topological polar surface area (TPSA) is 107 Å². The highest BCUT2D eigenvalue weighted by Crippen LogP contribution is 2.43. The van der Waals surface area contributed by atoms with Crippen LogP contribution in [-0.2, 0) is 6.42 Å². The second-order valence-electron chi connectivity index (χ2n) is 8.19. The Morgan fingerprint density at radius 1 is 1.03 bits per heavy atom. The van der Waals surface area contributed by atoms with Crippen LogP contribution >= 0.6 is 0 Å². The highest BCUT2D eigenvalue weighted by molar-refractivity contribution is 6.02. The van der Waals surface area contributed by atoms with E-state index < -0.39 is 6.10 Å². The van der Waals surface area contributed by atoms with Crippen molar-refractivity contribution >= 4 is 5.78 Å². The average Bonchev–Trinajstić information content (AvgIpc) is 2.67. The van der Waals surface area contributed by atoms with Crippen LogP contribution in [0, 0.1) is 0 Å². The number of phenolic OH excluding ortho intramolecular Hbond substituents is 4. The van der Waals surface area contributed by atoms with E-state index in [0.29, 0.717) is 17.5 Å². The minimum atomic E-state index is -0.714. The van der Waals surface area contributed by atoms with Crippen molar-refractivity contribution in [2.75, 3.05) is 0 Å². The fraction of sp³-hybridized carbons (Fsp3) is 0.320. The molecule has 1 heterocycles. The number of benzene rings is 2. The van der Waals surface area contributed by atoms with Crippen LogP contribution in [0.1, 0.15) is 67.6 Å². The first-order chi connectivity index (χ1) is 14.7. The lowest BCUT2D eigenvalue weighted by Gasteiger charge is -2.26. The molecule has 2 aromatic carbocycles. The first-order valence-corrected chi connectivity index (χ1v) is 10.2. The van der Waals surface area contributed by atoms with Gasteiger partial charge < -0.3 is 25.2 Å². The summed E-state index contributed by atoms with van der Waals surface area (Å²) in [6, 6.07) is 5.45. The van der Waals surface area contributed by atoms with Crippen molar-refractivity contribution in [2.24, 2.45) is 0 Å². The van der Waals surface area contributed by atoms with Gasteiger partial charge in [-0.1, -0.05) is 23.3 Å². The van der Waals surface area contributed by atoms with Gasteiger partial charge in [0.1, 0.15) is 28.9 Å². The maximum atomic E-state index is 12.6. The van der Waals surface area contributed by atoms with E-state index in [1.54, 1.807) is 6.07 Å². The van der Waals surface area contributed by atoms with Crippen LogP contribution in [0.4, 0.5) is 0 Å². The van der Waals surface area contributed by atoms with Crippen molar-refractivity contribution in [1.82, 2.24) is 0 Å². The number of hydrogen-bond acceptors (Lipinski definition) is 6. The van der Waals surface area contributed by atoms with E-state index in [-0.39, 0.29) is 46.5 Å². The van der Waals surface area contributed by atoms with Gasteiger partial charge in [-0.3, -0.25) is 4.79 Å². The maximum Gasteiger partial charge on any atom is 0.174 e. The number of ether oxygens (including phenoxy) is 1. The SMILES string of the molecule is CC(C)=CCCC(C)=CCc1cc([C@@H]2CC(=O)c3c(O)cc(O)cc3O2)cc(O)c1O. The zero-order chi connectivity index (χ0) is 22.7. The van der Waals surface area contributed by atoms with E-state index in [2.05, 4.69) is 19.9 Å². The molecule has 0 saturated heterocycles. The summed E-state index contributed by atoms with van der Waals surface area (Å²) < 4.78 is 5.85. The fourth-order valence-electron chi connectivity index (χ4n) is 3.63. The van der Waals surface area contributed by atoms with Gasteiger partial charge in [-0.2, -0.15) is 0 Å². The number of carbonyl (C=O) groups is 1. The van der Waals surface area contributed by atoms with Gasteiger partial charge >= 0.3 is 0 Å². The molecule has 0 unspecified atom stereocenters. The smallest absolute Gasteiger partial charge is 0.174 e. The summed E-state index contributed by atoms with van der Waals surface area (Å²) in [7, 11) is 0. The van der Waals surface area contributed by atoms with Crippen molar-refractivity contribution in [1.29, 1.82) is 0 Å². The third kappa shape index (κ3) is 5.20. The van der Waals surface area contributed by atoms with Gasteiger partial charge in [-0.15, -0.1) is 0 Å². The van der Waals surface area contributed by atoms with Crippen LogP contribution in [0.3, 0.4) is 0 Å². The van der Waals surface area contributed by atoms with Crippen LogP contribution < -0.4 is 4.74 Å². The Kier molecular flexibility index (Phi) is 6.59. The van der Waals surface area contributed by atoms with Crippen LogP contribution in [0.2, 0.25) is 0 Å². The number of ketones is 1. The Labute approximate surface area is 181 Å². The summed E-state index contributed by atoms with van der Waals surface area (Å²) in [6.07, 6.45) is 5.70. The summed E-state index contributed by atoms with van der Waals surface area (Å²) in [5, 5.41) is 40.2. The van der Waals surface area contributed by atoms with E-state index in [9.17, 15) is 25.2 Å². The van der Waals surface area contributed by atoms with E-state index in [4.69, 9.17) is 4.74 Å². The van der Waals surface area contributed by atoms with Crippen LogP contribution in [0.15, 0.2) is 47.6 Å². The summed E-state index contributed by atoms with van der Waals surface area (Å²) in [5.74, 6) is -1.27. The molecule has 6 heteroatoms. The van der Waals surface area contributed by atoms with Crippen molar-refractivity contribution in [2.45, 2.75) is 52.6 Å². The molecule has 4 N–H and O–H groups in total. The standard InChI is InChI=1S/C25H28O6/c1-14(2)5-4-6-15(3)7-8-16-9-17(10-21(29)25(16)30)22-13-20(28)24-19(27)11-18(26)12-23(24)31-22/h5,7,9-12,22,26-27,29-30H,4,6,8,13H2,1-3H3/t22-/m0/s1. The summed E-state index contributed by atoms with van der Waals surface area (Å²) in [4.78, 5) is 12.6. The zero-order valence-corrected chi connectivity index (χ0v) is 18.0. The molecule has 0 aliphatic carbocycles. The molecule has 6 nitrogen and oxygen atoms in total. The molecule has 0 radical (unpaired) electrons. The molecule has 1 atom stereocenters. The number of phenols is 4. The number of carbonyl (C=O) groups excluding carboxylic acids is 1. The van der Waals surface area contributed by atoms with Gasteiger partial charge in [0.25, 0.3) is 0 Å². The summed E-state index contributed by atoms with van der Waals surface area (Å²) >= 11 is 0. The molecule has 0 bridgehead atoms. The van der Waals surface area contributed by atoms with Crippen LogP contribution in [0.25, 0.3) is 0 Å². The zero-order valence-electron chi connectivity index (χ0n) is 18.0. The molecule has 31 heavy (non-hydrogen) atoms. The normalized spacial score (nSPS) is 15.9. The Morgan fingerprint density at radius 2 is 1.77 bits per heavy atom. The van der Waals surface area contributed by atoms with E-state index in [1.165, 1.54) is 23.3 Å². The van der Waals surface area contributed by atoms with Crippen LogP contribution in [0.5, 0.6) is 28.7 Å². The lowest BCUT2D eigenvalue weighted by atomic mass is 9.93. The average molecular weight is 424 g/mol. The van der Waals surface area contributed by atoms with Crippen molar-refractivity contribution in [3.63, 3.8) is 0 Å². The van der Waals surface area contributed by atoms with Crippen molar-refractivity contribution in [3.05, 3.63) is 64.3 Å². The fourth-order valence-corrected chi connectivity index (χ4v) is 3.63. The lowest BCUT2D eigenvalue weighted by molar-refractivity contribution is 0.0844. The molecule has 0 saturated carbocycles. The summed E-state index contributed by atoms with van der Waals surface area (Å²) in [5.41, 5.74) is 3.53. The molecule has 3 rings (SSSR count). The largest absolute Gasteiger partial charge is 0.508 e. The third-order valence-electron chi connectivity index (χ3n) is 5.31. The predicted octanol–water partition coefficient (Wildman–Crippen LogP) is 5.45. The van der Waals surface area contributed by atoms with Gasteiger partial charge in [-0.25, -0.2) is 0 Å². The van der Waals surface area contributed by atoms with Crippen LogP contribution in [-0.4, -0.2) is 26.2 Å². The molecule has 0 spiro atoms. The second-order valence-corrected chi connectivity index (χ2v) is 8.19. The minimum Gasteiger partial charge on any atom is -0.508 e. The number of aromatic hydroxyl groups is 4. The number of Topliss-reactive ketones (excluding diaryl/α,β-unsaturated/α-hetero) is 1. The minimum absolute atomic E-state index is 0.0344. The molecule has 2 aromatic rings. The predicted molar refractivity (Wildman–Crippen MR) is 118 cm³/mol. The van der Waals surface area contributed by atoms with Gasteiger partial charge in [-0.05, 0) is 57.7 Å². The molecular formula is C25H28O6. The highest BCUT2D eigenvalue weighted by Gasteiger charge is 2.31. The van der Waals surface area contributed by atoms with E-state index in [0.717, 1.165) is 18.9 Å². The molecule has 0 amide bonds. The second kappa shape index (κ2) is 9.16. The van der Waals surface area contributed by atoms with Gasteiger partial charge in [0.15, 0.2) is 17.3 Å². The molecule has 1 aliphatic heterocycles. The molecule has 0 aromatic heterocycles. The number of allylic oxidation sites excluding steroid dienone is 4. The third-order valence-corrected chi connectivity index (χ3v) is 5.31. The van der Waals surface area contributed by atoms with Crippen molar-refractivity contribution < 1.29 is 30.0 Å². The van der Waals surface area contributed by atoms with E-state index >= 15 is 0 Å². The maximum absolute atomic E-state index is 12.6. The number of fused-ring (bicyclic) bond motifs is 1. The first kappa shape index (κ1) is 22.3. The molecular weight excluding hydrogens is 396 g/mol. The van der Waals surface area contributed by atoms with Gasteiger partial charge in [0, 0.05) is 17.7 Å². The number of hydrogen-bond donors (Lipinski definition) is 4. The quantitative estimate of drug-likeness (QED) is 0.363.